The Balaban J connectivity index is 1.05. The van der Waals surface area contributed by atoms with Gasteiger partial charge in [-0.25, -0.2) is 9.37 Å². The molecule has 1 aromatic carbocycles. The highest BCUT2D eigenvalue weighted by atomic mass is 19.1. The first-order chi connectivity index (χ1) is 22.9. The molecule has 0 spiro atoms. The van der Waals surface area contributed by atoms with Crippen molar-refractivity contribution in [1.29, 1.82) is 0 Å². The molecular formula is C38H40FN7O. The summed E-state index contributed by atoms with van der Waals surface area (Å²) in [6.07, 6.45) is 17.1. The normalized spacial score (nSPS) is 24.5. The number of aryl methyl sites for hydroxylation is 1. The molecule has 5 aliphatic carbocycles. The number of hydrogen-bond donors (Lipinski definition) is 2. The number of H-pyrrole nitrogens is 1. The van der Waals surface area contributed by atoms with Crippen molar-refractivity contribution in [1.82, 2.24) is 35.3 Å². The van der Waals surface area contributed by atoms with Gasteiger partial charge in [0.15, 0.2) is 0 Å². The molecule has 0 bridgehead atoms. The second-order valence-corrected chi connectivity index (χ2v) is 14.5. The number of halogens is 1. The zero-order chi connectivity index (χ0) is 31.9. The molecule has 3 fully saturated rings. The van der Waals surface area contributed by atoms with Gasteiger partial charge < -0.3 is 9.88 Å². The summed E-state index contributed by atoms with van der Waals surface area (Å²) in [5.74, 6) is 1.56. The number of carbonyl (C=O) groups excluding carboxylic acids is 1. The summed E-state index contributed by atoms with van der Waals surface area (Å²) >= 11 is 0. The topological polar surface area (TPSA) is 101 Å². The van der Waals surface area contributed by atoms with Crippen molar-refractivity contribution in [2.75, 3.05) is 0 Å². The molecule has 240 valence electrons. The minimum atomic E-state index is -0.498. The molecule has 0 aliphatic heterocycles. The van der Waals surface area contributed by atoms with Crippen LogP contribution < -0.4 is 5.32 Å². The lowest BCUT2D eigenvalue weighted by molar-refractivity contribution is 0.0804. The maximum absolute atomic E-state index is 14.1. The lowest BCUT2D eigenvalue weighted by Crippen LogP contribution is -2.52. The van der Waals surface area contributed by atoms with Crippen LogP contribution in [-0.4, -0.2) is 35.9 Å². The lowest BCUT2D eigenvalue weighted by Gasteiger charge is -2.42. The van der Waals surface area contributed by atoms with Gasteiger partial charge in [0.25, 0.3) is 5.91 Å². The third kappa shape index (κ3) is 4.34. The van der Waals surface area contributed by atoms with Gasteiger partial charge in [0.1, 0.15) is 17.3 Å². The van der Waals surface area contributed by atoms with E-state index >= 15 is 0 Å². The average molecular weight is 630 g/mol. The number of benzene rings is 1. The maximum atomic E-state index is 14.1. The van der Waals surface area contributed by atoms with E-state index in [0.29, 0.717) is 17.4 Å². The van der Waals surface area contributed by atoms with Crippen molar-refractivity contribution >= 4 is 28.7 Å². The van der Waals surface area contributed by atoms with Crippen LogP contribution in [0.25, 0.3) is 22.8 Å². The molecule has 5 aliphatic rings. The average Bonchev–Trinajstić information content (AvgIpc) is 3.41. The van der Waals surface area contributed by atoms with E-state index < -0.39 is 5.54 Å². The molecule has 9 heteroatoms. The monoisotopic (exact) mass is 629 g/mol. The smallest absolute Gasteiger partial charge is 0.252 e. The first-order valence-corrected chi connectivity index (χ1v) is 17.3. The van der Waals surface area contributed by atoms with Crippen molar-refractivity contribution in [2.24, 2.45) is 18.4 Å². The van der Waals surface area contributed by atoms with Crippen LogP contribution in [0.2, 0.25) is 0 Å². The first-order valence-electron chi connectivity index (χ1n) is 17.3. The second-order valence-electron chi connectivity index (χ2n) is 14.5. The predicted octanol–water partition coefficient (Wildman–Crippen LogP) is 7.37. The van der Waals surface area contributed by atoms with E-state index in [2.05, 4.69) is 62.5 Å². The number of rotatable bonds is 6. The molecule has 0 radical (unpaired) electrons. The summed E-state index contributed by atoms with van der Waals surface area (Å²) in [5, 5.41) is 14.4. The number of amides is 1. The number of pyridine rings is 1. The molecule has 3 aromatic heterocycles. The van der Waals surface area contributed by atoms with E-state index in [0.717, 1.165) is 78.3 Å². The van der Waals surface area contributed by atoms with E-state index in [1.54, 1.807) is 6.20 Å². The van der Waals surface area contributed by atoms with Gasteiger partial charge in [-0.15, -0.1) is 0 Å². The highest BCUT2D eigenvalue weighted by molar-refractivity contribution is 6.01. The molecule has 1 amide bonds. The van der Waals surface area contributed by atoms with E-state index in [4.69, 9.17) is 4.98 Å². The standard InChI is InChI=1S/C38H40FN7O/c1-22-28-17-24(9-12-27(28)29-19-38(29,25-7-4-3-5-8-25)34(22)31-14-11-26(39)20-40-31)35(47)43-37(15-6-16-37)36-42-30-13-10-23(18-33(30)46(36)2)32-21-41-45-44-32/h9,11-12,14,17-18,20-21,25,29H,3-8,10,13,15-16,19H2,1-2H3,(H,43,47)(H,41,44,45). The fraction of sp³-hybridized carbons (Fsp3) is 0.447. The number of fused-ring (bicyclic) bond motifs is 4. The Morgan fingerprint density at radius 2 is 1.89 bits per heavy atom. The molecule has 3 heterocycles. The highest BCUT2D eigenvalue weighted by Gasteiger charge is 2.64. The zero-order valence-corrected chi connectivity index (χ0v) is 27.1. The Morgan fingerprint density at radius 3 is 2.62 bits per heavy atom. The Hall–Kier alpha value is -4.40. The number of nitrogens with one attached hydrogen (secondary N) is 2. The van der Waals surface area contributed by atoms with E-state index in [9.17, 15) is 9.18 Å². The largest absolute Gasteiger partial charge is 0.339 e. The van der Waals surface area contributed by atoms with Gasteiger partial charge in [-0.1, -0.05) is 25.3 Å². The van der Waals surface area contributed by atoms with Crippen LogP contribution in [0, 0.1) is 17.2 Å². The molecule has 2 unspecified atom stereocenters. The molecule has 4 aromatic rings. The van der Waals surface area contributed by atoms with Crippen LogP contribution in [0.4, 0.5) is 4.39 Å². The summed E-state index contributed by atoms with van der Waals surface area (Å²) in [7, 11) is 2.06. The van der Waals surface area contributed by atoms with Crippen molar-refractivity contribution < 1.29 is 9.18 Å². The summed E-state index contributed by atoms with van der Waals surface area (Å²) in [6, 6.07) is 9.71. The molecule has 3 saturated carbocycles. The van der Waals surface area contributed by atoms with Crippen LogP contribution in [0.1, 0.15) is 127 Å². The second kappa shape index (κ2) is 10.6. The number of allylic oxidation sites excluding steroid dienone is 3. The molecular weight excluding hydrogens is 589 g/mol. The van der Waals surface area contributed by atoms with E-state index in [1.807, 2.05) is 12.1 Å². The summed E-state index contributed by atoms with van der Waals surface area (Å²) < 4.78 is 16.2. The van der Waals surface area contributed by atoms with Crippen LogP contribution in [-0.2, 0) is 19.0 Å². The SMILES string of the molecule is CC1=C(c2ccc(F)cn2)C2(C3CCCCC3)CC2c2ccc(C(=O)NC3(c4nc5c(n4C)C=C(c4cn[nH]n4)CC5)CCC3)cc21. The van der Waals surface area contributed by atoms with Gasteiger partial charge in [0.2, 0.25) is 0 Å². The van der Waals surface area contributed by atoms with Crippen LogP contribution >= 0.6 is 0 Å². The summed E-state index contributed by atoms with van der Waals surface area (Å²) in [5.41, 5.74) is 10.2. The number of aromatic amines is 1. The third-order valence-corrected chi connectivity index (χ3v) is 12.1. The number of hydrogen-bond acceptors (Lipinski definition) is 5. The number of nitrogens with zero attached hydrogens (tertiary/aromatic N) is 5. The van der Waals surface area contributed by atoms with Crippen LogP contribution in [0.3, 0.4) is 0 Å². The molecule has 2 N–H and O–H groups in total. The Morgan fingerprint density at radius 1 is 1.04 bits per heavy atom. The predicted molar refractivity (Wildman–Crippen MR) is 178 cm³/mol. The minimum absolute atomic E-state index is 0.0569. The Kier molecular flexibility index (Phi) is 6.47. The maximum Gasteiger partial charge on any atom is 0.252 e. The van der Waals surface area contributed by atoms with E-state index in [1.165, 1.54) is 61.1 Å². The van der Waals surface area contributed by atoms with Gasteiger partial charge in [0.05, 0.1) is 35.0 Å². The number of imidazole rings is 1. The number of carbonyl (C=O) groups is 1. The molecule has 0 saturated heterocycles. The Bertz CT molecular complexity index is 1960. The fourth-order valence-corrected chi connectivity index (χ4v) is 9.61. The quantitative estimate of drug-likeness (QED) is 0.232. The molecule has 47 heavy (non-hydrogen) atoms. The van der Waals surface area contributed by atoms with Crippen LogP contribution in [0.5, 0.6) is 0 Å². The third-order valence-electron chi connectivity index (χ3n) is 12.1. The highest BCUT2D eigenvalue weighted by Crippen LogP contribution is 2.75. The van der Waals surface area contributed by atoms with Crippen molar-refractivity contribution in [3.8, 4) is 0 Å². The summed E-state index contributed by atoms with van der Waals surface area (Å²) in [4.78, 5) is 23.9. The van der Waals surface area contributed by atoms with Crippen LogP contribution in [0.15, 0.2) is 42.7 Å². The van der Waals surface area contributed by atoms with Gasteiger partial charge in [-0.2, -0.15) is 15.4 Å². The van der Waals surface area contributed by atoms with Gasteiger partial charge in [-0.05, 0) is 128 Å². The lowest BCUT2D eigenvalue weighted by atomic mass is 9.66. The molecule has 8 nitrogen and oxygen atoms in total. The zero-order valence-electron chi connectivity index (χ0n) is 27.1. The fourth-order valence-electron chi connectivity index (χ4n) is 9.61. The van der Waals surface area contributed by atoms with E-state index in [-0.39, 0.29) is 17.1 Å². The van der Waals surface area contributed by atoms with Gasteiger partial charge in [-0.3, -0.25) is 9.78 Å². The van der Waals surface area contributed by atoms with Gasteiger partial charge >= 0.3 is 0 Å². The Labute approximate surface area is 274 Å². The molecule has 2 atom stereocenters. The minimum Gasteiger partial charge on any atom is -0.339 e. The first kappa shape index (κ1) is 28.8. The van der Waals surface area contributed by atoms with Gasteiger partial charge in [0, 0.05) is 18.0 Å². The van der Waals surface area contributed by atoms with Crippen molar-refractivity contribution in [3.05, 3.63) is 93.8 Å². The van der Waals surface area contributed by atoms with Crippen molar-refractivity contribution in [3.63, 3.8) is 0 Å². The molecule has 9 rings (SSSR count). The van der Waals surface area contributed by atoms with Crippen molar-refractivity contribution in [2.45, 2.75) is 89.0 Å². The number of aromatic nitrogens is 6. The summed E-state index contributed by atoms with van der Waals surface area (Å²) in [6.45, 7) is 2.19.